The molecule has 0 aromatic heterocycles. The first-order valence-electron chi connectivity index (χ1n) is 8.14. The van der Waals surface area contributed by atoms with Gasteiger partial charge in [-0.2, -0.15) is 0 Å². The number of nitrogens with zero attached hydrogens (tertiary/aromatic N) is 1. The van der Waals surface area contributed by atoms with Gasteiger partial charge in [0.25, 0.3) is 0 Å². The predicted octanol–water partition coefficient (Wildman–Crippen LogP) is 2.72. The van der Waals surface area contributed by atoms with E-state index in [9.17, 15) is 9.59 Å². The lowest BCUT2D eigenvalue weighted by Gasteiger charge is -2.29. The van der Waals surface area contributed by atoms with Gasteiger partial charge in [-0.1, -0.05) is 45.0 Å². The normalized spacial score (nSPS) is 16.7. The molecule has 2 amide bonds. The number of rotatable bonds is 3. The average molecular weight is 314 g/mol. The molecule has 1 aromatic rings. The molecule has 4 heteroatoms. The van der Waals surface area contributed by atoms with Crippen LogP contribution in [0.25, 0.3) is 6.08 Å². The molecular formula is C19H26N2O2. The van der Waals surface area contributed by atoms with Gasteiger partial charge >= 0.3 is 0 Å². The van der Waals surface area contributed by atoms with Crippen LogP contribution in [-0.2, 0) is 15.0 Å². The van der Waals surface area contributed by atoms with Gasteiger partial charge in [0.2, 0.25) is 11.8 Å². The van der Waals surface area contributed by atoms with Gasteiger partial charge in [0.05, 0.1) is 0 Å². The maximum absolute atomic E-state index is 12.2. The van der Waals surface area contributed by atoms with Crippen molar-refractivity contribution in [2.75, 3.05) is 13.1 Å². The minimum atomic E-state index is -0.258. The largest absolute Gasteiger partial charge is 0.369 e. The Morgan fingerprint density at radius 2 is 1.70 bits per heavy atom. The summed E-state index contributed by atoms with van der Waals surface area (Å²) in [5, 5.41) is 0. The first-order valence-corrected chi connectivity index (χ1v) is 8.14. The Labute approximate surface area is 138 Å². The van der Waals surface area contributed by atoms with Crippen LogP contribution in [-0.4, -0.2) is 29.8 Å². The van der Waals surface area contributed by atoms with Crippen molar-refractivity contribution in [3.8, 4) is 0 Å². The number of primary amides is 1. The highest BCUT2D eigenvalue weighted by Gasteiger charge is 2.24. The van der Waals surface area contributed by atoms with Crippen molar-refractivity contribution in [2.24, 2.45) is 11.7 Å². The summed E-state index contributed by atoms with van der Waals surface area (Å²) in [6, 6.07) is 8.26. The topological polar surface area (TPSA) is 63.4 Å². The predicted molar refractivity (Wildman–Crippen MR) is 92.7 cm³/mol. The number of amides is 2. The molecule has 4 nitrogen and oxygen atoms in total. The fourth-order valence-electron chi connectivity index (χ4n) is 2.75. The van der Waals surface area contributed by atoms with Crippen LogP contribution < -0.4 is 5.73 Å². The Morgan fingerprint density at radius 3 is 2.17 bits per heavy atom. The van der Waals surface area contributed by atoms with E-state index in [0.717, 1.165) is 5.56 Å². The molecule has 0 radical (unpaired) electrons. The molecule has 0 spiro atoms. The van der Waals surface area contributed by atoms with E-state index >= 15 is 0 Å². The van der Waals surface area contributed by atoms with Crippen LogP contribution >= 0.6 is 0 Å². The number of piperidine rings is 1. The van der Waals surface area contributed by atoms with E-state index < -0.39 is 0 Å². The quantitative estimate of drug-likeness (QED) is 0.872. The molecule has 1 aliphatic heterocycles. The van der Waals surface area contributed by atoms with Gasteiger partial charge < -0.3 is 10.6 Å². The van der Waals surface area contributed by atoms with Crippen LogP contribution in [0, 0.1) is 5.92 Å². The second kappa shape index (κ2) is 6.99. The van der Waals surface area contributed by atoms with E-state index in [1.54, 1.807) is 11.0 Å². The minimum absolute atomic E-state index is 0.00665. The highest BCUT2D eigenvalue weighted by Crippen LogP contribution is 2.22. The molecule has 2 rings (SSSR count). The number of nitrogens with two attached hydrogens (primary N) is 1. The van der Waals surface area contributed by atoms with Crippen molar-refractivity contribution in [2.45, 2.75) is 39.0 Å². The van der Waals surface area contributed by atoms with Gasteiger partial charge in [0.1, 0.15) is 0 Å². The molecule has 1 saturated heterocycles. The summed E-state index contributed by atoms with van der Waals surface area (Å²) in [5.41, 5.74) is 7.72. The Hall–Kier alpha value is -2.10. The third-order valence-corrected chi connectivity index (χ3v) is 4.40. The number of carbonyl (C=O) groups is 2. The third-order valence-electron chi connectivity index (χ3n) is 4.40. The standard InChI is InChI=1S/C19H26N2O2/c1-19(2,3)16-7-4-14(5-8-16)6-9-17(22)21-12-10-15(11-13-21)18(20)23/h4-9,15H,10-13H2,1-3H3,(H2,20,23)/b9-6+. The first-order chi connectivity index (χ1) is 10.8. The number of hydrogen-bond donors (Lipinski definition) is 1. The van der Waals surface area contributed by atoms with Crippen LogP contribution in [0.1, 0.15) is 44.7 Å². The second-order valence-corrected chi connectivity index (χ2v) is 7.21. The maximum atomic E-state index is 12.2. The summed E-state index contributed by atoms with van der Waals surface area (Å²) in [6.07, 6.45) is 4.77. The van der Waals surface area contributed by atoms with E-state index in [-0.39, 0.29) is 23.1 Å². The van der Waals surface area contributed by atoms with Crippen molar-refractivity contribution in [1.82, 2.24) is 4.90 Å². The zero-order valence-electron chi connectivity index (χ0n) is 14.2. The molecule has 1 heterocycles. The Morgan fingerprint density at radius 1 is 1.13 bits per heavy atom. The summed E-state index contributed by atoms with van der Waals surface area (Å²) >= 11 is 0. The molecule has 0 atom stereocenters. The van der Waals surface area contributed by atoms with E-state index in [1.807, 2.05) is 18.2 Å². The molecule has 1 aromatic carbocycles. The van der Waals surface area contributed by atoms with Gasteiger partial charge in [0, 0.05) is 25.1 Å². The second-order valence-electron chi connectivity index (χ2n) is 7.21. The van der Waals surface area contributed by atoms with E-state index in [2.05, 4.69) is 32.9 Å². The Bertz CT molecular complexity index is 589. The lowest BCUT2D eigenvalue weighted by molar-refractivity contribution is -0.130. The maximum Gasteiger partial charge on any atom is 0.246 e. The fraction of sp³-hybridized carbons (Fsp3) is 0.474. The number of benzene rings is 1. The first kappa shape index (κ1) is 17.3. The zero-order valence-corrected chi connectivity index (χ0v) is 14.2. The SMILES string of the molecule is CC(C)(C)c1ccc(/C=C/C(=O)N2CCC(C(N)=O)CC2)cc1. The number of carbonyl (C=O) groups excluding carboxylic acids is 2. The van der Waals surface area contributed by atoms with Gasteiger partial charge in [-0.05, 0) is 35.5 Å². The van der Waals surface area contributed by atoms with Crippen LogP contribution in [0.2, 0.25) is 0 Å². The molecule has 0 saturated carbocycles. The van der Waals surface area contributed by atoms with Crippen molar-refractivity contribution in [1.29, 1.82) is 0 Å². The van der Waals surface area contributed by atoms with Gasteiger partial charge in [-0.3, -0.25) is 9.59 Å². The third kappa shape index (κ3) is 4.68. The van der Waals surface area contributed by atoms with Gasteiger partial charge in [-0.15, -0.1) is 0 Å². The van der Waals surface area contributed by atoms with Crippen molar-refractivity contribution in [3.63, 3.8) is 0 Å². The number of hydrogen-bond acceptors (Lipinski definition) is 2. The lowest BCUT2D eigenvalue weighted by Crippen LogP contribution is -2.41. The van der Waals surface area contributed by atoms with Gasteiger partial charge in [0.15, 0.2) is 0 Å². The van der Waals surface area contributed by atoms with Gasteiger partial charge in [-0.25, -0.2) is 0 Å². The van der Waals surface area contributed by atoms with Crippen LogP contribution in [0.3, 0.4) is 0 Å². The summed E-state index contributed by atoms with van der Waals surface area (Å²) in [4.78, 5) is 25.1. The summed E-state index contributed by atoms with van der Waals surface area (Å²) in [6.45, 7) is 7.73. The van der Waals surface area contributed by atoms with Crippen molar-refractivity contribution in [3.05, 3.63) is 41.5 Å². The monoisotopic (exact) mass is 314 g/mol. The van der Waals surface area contributed by atoms with E-state index in [1.165, 1.54) is 5.56 Å². The molecule has 1 aliphatic rings. The lowest BCUT2D eigenvalue weighted by atomic mass is 9.87. The summed E-state index contributed by atoms with van der Waals surface area (Å²) in [7, 11) is 0. The van der Waals surface area contributed by atoms with Crippen LogP contribution in [0.5, 0.6) is 0 Å². The van der Waals surface area contributed by atoms with Crippen LogP contribution in [0.4, 0.5) is 0 Å². The fourth-order valence-corrected chi connectivity index (χ4v) is 2.75. The Balaban J connectivity index is 1.93. The number of likely N-dealkylation sites (tertiary alicyclic amines) is 1. The Kier molecular flexibility index (Phi) is 5.24. The molecule has 124 valence electrons. The molecule has 23 heavy (non-hydrogen) atoms. The molecule has 0 bridgehead atoms. The molecule has 0 aliphatic carbocycles. The van der Waals surface area contributed by atoms with E-state index in [0.29, 0.717) is 25.9 Å². The highest BCUT2D eigenvalue weighted by molar-refractivity contribution is 5.92. The average Bonchev–Trinajstić information content (AvgIpc) is 2.52. The van der Waals surface area contributed by atoms with E-state index in [4.69, 9.17) is 5.73 Å². The van der Waals surface area contributed by atoms with Crippen molar-refractivity contribution < 1.29 is 9.59 Å². The highest BCUT2D eigenvalue weighted by atomic mass is 16.2. The zero-order chi connectivity index (χ0) is 17.0. The minimum Gasteiger partial charge on any atom is -0.369 e. The van der Waals surface area contributed by atoms with Crippen molar-refractivity contribution >= 4 is 17.9 Å². The molecule has 0 unspecified atom stereocenters. The molecule has 2 N–H and O–H groups in total. The smallest absolute Gasteiger partial charge is 0.246 e. The summed E-state index contributed by atoms with van der Waals surface area (Å²) in [5.74, 6) is -0.354. The summed E-state index contributed by atoms with van der Waals surface area (Å²) < 4.78 is 0. The molecule has 1 fully saturated rings. The van der Waals surface area contributed by atoms with Crippen LogP contribution in [0.15, 0.2) is 30.3 Å². The molecular weight excluding hydrogens is 288 g/mol.